The van der Waals surface area contributed by atoms with Gasteiger partial charge in [0.05, 0.1) is 11.9 Å². The Bertz CT molecular complexity index is 482. The van der Waals surface area contributed by atoms with E-state index in [-0.39, 0.29) is 0 Å². The summed E-state index contributed by atoms with van der Waals surface area (Å²) in [6.07, 6.45) is 6.00. The summed E-state index contributed by atoms with van der Waals surface area (Å²) in [4.78, 5) is 0. The van der Waals surface area contributed by atoms with Crippen molar-refractivity contribution in [3.05, 3.63) is 47.3 Å². The van der Waals surface area contributed by atoms with Crippen molar-refractivity contribution in [2.45, 2.75) is 26.7 Å². The Morgan fingerprint density at radius 1 is 1.18 bits per heavy atom. The average molecular weight is 249 g/mol. The number of alkyl halides is 1. The zero-order chi connectivity index (χ0) is 12.3. The van der Waals surface area contributed by atoms with E-state index in [2.05, 4.69) is 43.3 Å². The Morgan fingerprint density at radius 2 is 1.88 bits per heavy atom. The van der Waals surface area contributed by atoms with E-state index in [0.29, 0.717) is 5.88 Å². The summed E-state index contributed by atoms with van der Waals surface area (Å²) in [6.45, 7) is 4.21. The van der Waals surface area contributed by atoms with Gasteiger partial charge < -0.3 is 0 Å². The van der Waals surface area contributed by atoms with E-state index in [9.17, 15) is 0 Å². The molecule has 2 nitrogen and oxygen atoms in total. The Balaban J connectivity index is 2.24. The first kappa shape index (κ1) is 12.2. The number of hydrogen-bond acceptors (Lipinski definition) is 1. The van der Waals surface area contributed by atoms with Crippen LogP contribution in [-0.2, 0) is 6.42 Å². The number of hydrogen-bond donors (Lipinski definition) is 0. The fourth-order valence-electron chi connectivity index (χ4n) is 1.98. The molecule has 0 atom stereocenters. The summed E-state index contributed by atoms with van der Waals surface area (Å²) < 4.78 is 1.93. The molecule has 0 bridgehead atoms. The molecule has 1 aromatic heterocycles. The molecule has 0 fully saturated rings. The number of aryl methyl sites for hydroxylation is 3. The van der Waals surface area contributed by atoms with E-state index in [1.807, 2.05) is 10.9 Å². The van der Waals surface area contributed by atoms with Gasteiger partial charge in [-0.25, -0.2) is 4.68 Å². The van der Waals surface area contributed by atoms with Crippen LogP contribution in [0.4, 0.5) is 0 Å². The van der Waals surface area contributed by atoms with Crippen molar-refractivity contribution in [1.82, 2.24) is 9.78 Å². The van der Waals surface area contributed by atoms with Crippen LogP contribution in [0.25, 0.3) is 5.69 Å². The SMILES string of the molecule is Cc1cc(C)cc(-n2cc(CCCCl)cn2)c1. The molecule has 0 amide bonds. The van der Waals surface area contributed by atoms with Gasteiger partial charge in [-0.15, -0.1) is 11.6 Å². The average Bonchev–Trinajstić information content (AvgIpc) is 2.73. The summed E-state index contributed by atoms with van der Waals surface area (Å²) >= 11 is 5.69. The second kappa shape index (κ2) is 5.37. The van der Waals surface area contributed by atoms with Crippen molar-refractivity contribution < 1.29 is 0 Å². The zero-order valence-electron chi connectivity index (χ0n) is 10.3. The van der Waals surface area contributed by atoms with Crippen LogP contribution >= 0.6 is 11.6 Å². The molecule has 0 radical (unpaired) electrons. The van der Waals surface area contributed by atoms with Gasteiger partial charge in [-0.05, 0) is 55.5 Å². The highest BCUT2D eigenvalue weighted by molar-refractivity contribution is 6.17. The highest BCUT2D eigenvalue weighted by Crippen LogP contribution is 2.14. The summed E-state index contributed by atoms with van der Waals surface area (Å²) in [6, 6.07) is 6.46. The molecule has 2 rings (SSSR count). The number of halogens is 1. The van der Waals surface area contributed by atoms with Gasteiger partial charge in [0.1, 0.15) is 0 Å². The molecule has 0 aliphatic rings. The quantitative estimate of drug-likeness (QED) is 0.755. The van der Waals surface area contributed by atoms with Gasteiger partial charge in [-0.3, -0.25) is 0 Å². The van der Waals surface area contributed by atoms with Gasteiger partial charge >= 0.3 is 0 Å². The lowest BCUT2D eigenvalue weighted by atomic mass is 10.1. The largest absolute Gasteiger partial charge is 0.241 e. The number of aromatic nitrogens is 2. The van der Waals surface area contributed by atoms with Crippen LogP contribution in [0.3, 0.4) is 0 Å². The summed E-state index contributed by atoms with van der Waals surface area (Å²) in [5.41, 5.74) is 4.89. The molecule has 90 valence electrons. The first-order valence-corrected chi connectivity index (χ1v) is 6.40. The summed E-state index contributed by atoms with van der Waals surface area (Å²) in [7, 11) is 0. The molecule has 0 saturated heterocycles. The second-order valence-electron chi connectivity index (χ2n) is 4.43. The lowest BCUT2D eigenvalue weighted by Gasteiger charge is -2.04. The number of nitrogens with zero attached hydrogens (tertiary/aromatic N) is 2. The fourth-order valence-corrected chi connectivity index (χ4v) is 2.12. The van der Waals surface area contributed by atoms with Crippen molar-refractivity contribution in [1.29, 1.82) is 0 Å². The smallest absolute Gasteiger partial charge is 0.0650 e. The van der Waals surface area contributed by atoms with Crippen molar-refractivity contribution in [3.63, 3.8) is 0 Å². The van der Waals surface area contributed by atoms with E-state index < -0.39 is 0 Å². The van der Waals surface area contributed by atoms with E-state index in [4.69, 9.17) is 11.6 Å². The van der Waals surface area contributed by atoms with Gasteiger partial charge in [0.2, 0.25) is 0 Å². The lowest BCUT2D eigenvalue weighted by Crippen LogP contribution is -1.95. The minimum atomic E-state index is 0.703. The number of benzene rings is 1. The standard InChI is InChI=1S/C14H17ClN2/c1-11-6-12(2)8-14(7-11)17-10-13(9-16-17)4-3-5-15/h6-10H,3-5H2,1-2H3. The van der Waals surface area contributed by atoms with Crippen LogP contribution in [0, 0.1) is 13.8 Å². The van der Waals surface area contributed by atoms with Gasteiger partial charge in [0, 0.05) is 12.1 Å². The van der Waals surface area contributed by atoms with Crippen LogP contribution in [0.2, 0.25) is 0 Å². The molecule has 0 spiro atoms. The van der Waals surface area contributed by atoms with Crippen LogP contribution in [0.5, 0.6) is 0 Å². The Labute approximate surface area is 107 Å². The van der Waals surface area contributed by atoms with Gasteiger partial charge in [-0.2, -0.15) is 5.10 Å². The van der Waals surface area contributed by atoms with Gasteiger partial charge in [0.15, 0.2) is 0 Å². The van der Waals surface area contributed by atoms with E-state index in [1.165, 1.54) is 16.7 Å². The first-order valence-electron chi connectivity index (χ1n) is 5.87. The van der Waals surface area contributed by atoms with Gasteiger partial charge in [0.25, 0.3) is 0 Å². The van der Waals surface area contributed by atoms with E-state index in [0.717, 1.165) is 18.5 Å². The molecular formula is C14H17ClN2. The maximum absolute atomic E-state index is 5.69. The van der Waals surface area contributed by atoms with E-state index >= 15 is 0 Å². The molecule has 0 N–H and O–H groups in total. The monoisotopic (exact) mass is 248 g/mol. The van der Waals surface area contributed by atoms with Crippen molar-refractivity contribution >= 4 is 11.6 Å². The molecule has 0 saturated carbocycles. The lowest BCUT2D eigenvalue weighted by molar-refractivity contribution is 0.875. The van der Waals surface area contributed by atoms with Gasteiger partial charge in [-0.1, -0.05) is 6.07 Å². The van der Waals surface area contributed by atoms with E-state index in [1.54, 1.807) is 0 Å². The molecule has 0 aliphatic carbocycles. The first-order chi connectivity index (χ1) is 8.19. The third-order valence-corrected chi connectivity index (χ3v) is 2.97. The van der Waals surface area contributed by atoms with Crippen LogP contribution in [0.1, 0.15) is 23.1 Å². The maximum Gasteiger partial charge on any atom is 0.0650 e. The zero-order valence-corrected chi connectivity index (χ0v) is 11.0. The molecule has 17 heavy (non-hydrogen) atoms. The Hall–Kier alpha value is -1.28. The molecule has 0 aliphatic heterocycles. The minimum Gasteiger partial charge on any atom is -0.241 e. The van der Waals surface area contributed by atoms with Crippen LogP contribution in [0.15, 0.2) is 30.6 Å². The molecule has 1 aromatic carbocycles. The molecule has 0 unspecified atom stereocenters. The summed E-state index contributed by atoms with van der Waals surface area (Å²) in [5.74, 6) is 0.703. The third kappa shape index (κ3) is 3.10. The predicted molar refractivity (Wildman–Crippen MR) is 72.1 cm³/mol. The topological polar surface area (TPSA) is 17.8 Å². The molecule has 3 heteroatoms. The van der Waals surface area contributed by atoms with Crippen molar-refractivity contribution in [3.8, 4) is 5.69 Å². The molecule has 2 aromatic rings. The summed E-state index contributed by atoms with van der Waals surface area (Å²) in [5, 5.41) is 4.40. The third-order valence-electron chi connectivity index (χ3n) is 2.71. The van der Waals surface area contributed by atoms with Crippen molar-refractivity contribution in [2.24, 2.45) is 0 Å². The van der Waals surface area contributed by atoms with Crippen molar-refractivity contribution in [2.75, 3.05) is 5.88 Å². The van der Waals surface area contributed by atoms with Crippen LogP contribution < -0.4 is 0 Å². The normalized spacial score (nSPS) is 10.8. The molecule has 1 heterocycles. The fraction of sp³-hybridized carbons (Fsp3) is 0.357. The Morgan fingerprint density at radius 3 is 2.53 bits per heavy atom. The Kier molecular flexibility index (Phi) is 3.85. The second-order valence-corrected chi connectivity index (χ2v) is 4.81. The highest BCUT2D eigenvalue weighted by atomic mass is 35.5. The number of rotatable bonds is 4. The minimum absolute atomic E-state index is 0.703. The predicted octanol–water partition coefficient (Wildman–Crippen LogP) is 3.66. The molecular weight excluding hydrogens is 232 g/mol. The van der Waals surface area contributed by atoms with Crippen LogP contribution in [-0.4, -0.2) is 15.7 Å². The highest BCUT2D eigenvalue weighted by Gasteiger charge is 2.02. The maximum atomic E-state index is 5.69.